The lowest BCUT2D eigenvalue weighted by atomic mass is 10.1. The molecular formula is C30H31N5O5. The molecule has 3 aromatic carbocycles. The summed E-state index contributed by atoms with van der Waals surface area (Å²) in [6.07, 6.45) is 1.53. The Hall–Kier alpha value is -4.99. The second-order valence-corrected chi connectivity index (χ2v) is 9.22. The molecular weight excluding hydrogens is 510 g/mol. The number of benzene rings is 3. The van der Waals surface area contributed by atoms with Crippen LogP contribution in [0.4, 0.5) is 11.5 Å². The van der Waals surface area contributed by atoms with Gasteiger partial charge in [0, 0.05) is 29.8 Å². The molecule has 0 atom stereocenters. The van der Waals surface area contributed by atoms with Crippen LogP contribution in [0.2, 0.25) is 0 Å². The molecule has 10 nitrogen and oxygen atoms in total. The second-order valence-electron chi connectivity index (χ2n) is 9.22. The topological polar surface area (TPSA) is 120 Å². The third kappa shape index (κ3) is 6.35. The number of ether oxygens (including phenoxy) is 1. The Bertz CT molecular complexity index is 1480. The van der Waals surface area contributed by atoms with Crippen molar-refractivity contribution in [2.24, 2.45) is 0 Å². The molecule has 1 heterocycles. The van der Waals surface area contributed by atoms with Crippen LogP contribution in [0.15, 0.2) is 78.9 Å². The highest BCUT2D eigenvalue weighted by molar-refractivity contribution is 6.01. The fourth-order valence-electron chi connectivity index (χ4n) is 4.36. The van der Waals surface area contributed by atoms with E-state index in [0.29, 0.717) is 24.5 Å². The van der Waals surface area contributed by atoms with Gasteiger partial charge in [0.2, 0.25) is 5.91 Å². The van der Waals surface area contributed by atoms with Crippen molar-refractivity contribution < 1.29 is 19.2 Å². The van der Waals surface area contributed by atoms with Gasteiger partial charge < -0.3 is 15.0 Å². The normalized spacial score (nSPS) is 10.7. The number of anilines is 1. The van der Waals surface area contributed by atoms with Crippen molar-refractivity contribution >= 4 is 23.3 Å². The van der Waals surface area contributed by atoms with Crippen LogP contribution < -0.4 is 10.1 Å². The van der Waals surface area contributed by atoms with E-state index in [4.69, 9.17) is 9.84 Å². The zero-order valence-electron chi connectivity index (χ0n) is 22.7. The Labute approximate surface area is 232 Å². The lowest BCUT2D eigenvalue weighted by molar-refractivity contribution is -0.384. The van der Waals surface area contributed by atoms with Crippen molar-refractivity contribution in [3.05, 3.63) is 100 Å². The Morgan fingerprint density at radius 3 is 2.30 bits per heavy atom. The minimum Gasteiger partial charge on any atom is -0.497 e. The molecule has 0 aliphatic rings. The number of aromatic nitrogens is 2. The van der Waals surface area contributed by atoms with E-state index in [0.717, 1.165) is 28.9 Å². The average Bonchev–Trinajstić information content (AvgIpc) is 3.30. The minimum atomic E-state index is -0.519. The molecule has 0 aliphatic heterocycles. The van der Waals surface area contributed by atoms with E-state index in [-0.39, 0.29) is 23.7 Å². The van der Waals surface area contributed by atoms with E-state index in [1.807, 2.05) is 68.4 Å². The minimum absolute atomic E-state index is 0.106. The average molecular weight is 542 g/mol. The van der Waals surface area contributed by atoms with Gasteiger partial charge >= 0.3 is 0 Å². The molecule has 0 fully saturated rings. The van der Waals surface area contributed by atoms with Gasteiger partial charge in [-0.05, 0) is 55.3 Å². The van der Waals surface area contributed by atoms with Crippen LogP contribution >= 0.6 is 0 Å². The van der Waals surface area contributed by atoms with Gasteiger partial charge in [0.25, 0.3) is 11.6 Å². The second kappa shape index (κ2) is 12.7. The SMILES string of the molecule is CCCCN(CC(=O)Nc1c(-c2ccccc2)c(C)nn1-c1ccc(OC)cc1)C(=O)c1ccc([N+](=O)[O-])cc1. The number of carbonyl (C=O) groups excluding carboxylic acids is 2. The number of hydrogen-bond donors (Lipinski definition) is 1. The van der Waals surface area contributed by atoms with Gasteiger partial charge in [-0.2, -0.15) is 5.10 Å². The smallest absolute Gasteiger partial charge is 0.269 e. The fourth-order valence-corrected chi connectivity index (χ4v) is 4.36. The number of amides is 2. The molecule has 0 unspecified atom stereocenters. The van der Waals surface area contributed by atoms with Crippen molar-refractivity contribution in [3.63, 3.8) is 0 Å². The highest BCUT2D eigenvalue weighted by atomic mass is 16.6. The van der Waals surface area contributed by atoms with E-state index in [1.165, 1.54) is 29.2 Å². The lowest BCUT2D eigenvalue weighted by Gasteiger charge is -2.22. The number of unbranched alkanes of at least 4 members (excludes halogenated alkanes) is 1. The highest BCUT2D eigenvalue weighted by Crippen LogP contribution is 2.33. The van der Waals surface area contributed by atoms with Crippen LogP contribution in [-0.2, 0) is 4.79 Å². The number of aryl methyl sites for hydroxylation is 1. The first-order chi connectivity index (χ1) is 19.3. The number of nitrogens with one attached hydrogen (secondary N) is 1. The number of nitro groups is 1. The van der Waals surface area contributed by atoms with Gasteiger partial charge in [0.15, 0.2) is 0 Å². The molecule has 4 rings (SSSR count). The number of rotatable bonds is 11. The van der Waals surface area contributed by atoms with Gasteiger partial charge in [-0.15, -0.1) is 0 Å². The monoisotopic (exact) mass is 541 g/mol. The summed E-state index contributed by atoms with van der Waals surface area (Å²) in [6.45, 7) is 4.04. The maximum absolute atomic E-state index is 13.5. The highest BCUT2D eigenvalue weighted by Gasteiger charge is 2.24. The van der Waals surface area contributed by atoms with Gasteiger partial charge in [0.1, 0.15) is 18.1 Å². The van der Waals surface area contributed by atoms with E-state index < -0.39 is 10.8 Å². The molecule has 0 spiro atoms. The maximum atomic E-state index is 13.5. The van der Waals surface area contributed by atoms with Crippen molar-refractivity contribution in [3.8, 4) is 22.6 Å². The third-order valence-corrected chi connectivity index (χ3v) is 6.43. The lowest BCUT2D eigenvalue weighted by Crippen LogP contribution is -2.39. The van der Waals surface area contributed by atoms with E-state index in [9.17, 15) is 19.7 Å². The van der Waals surface area contributed by atoms with Gasteiger partial charge in [0.05, 0.1) is 23.4 Å². The van der Waals surface area contributed by atoms with Crippen molar-refractivity contribution in [1.29, 1.82) is 0 Å². The molecule has 0 aliphatic carbocycles. The number of carbonyl (C=O) groups is 2. The summed E-state index contributed by atoms with van der Waals surface area (Å²) >= 11 is 0. The maximum Gasteiger partial charge on any atom is 0.269 e. The van der Waals surface area contributed by atoms with Crippen LogP contribution in [0.3, 0.4) is 0 Å². The van der Waals surface area contributed by atoms with Crippen LogP contribution in [0, 0.1) is 17.0 Å². The standard InChI is InChI=1S/C30H31N5O5/c1-4-5-19-33(30(37)23-11-13-25(14-12-23)35(38)39)20-27(36)31-29-28(22-9-7-6-8-10-22)21(2)32-34(29)24-15-17-26(40-3)18-16-24/h6-18H,4-5,19-20H2,1-3H3,(H,31,36). The molecule has 1 N–H and O–H groups in total. The predicted octanol–water partition coefficient (Wildman–Crippen LogP) is 5.65. The molecule has 206 valence electrons. The van der Waals surface area contributed by atoms with Crippen LogP contribution in [0.25, 0.3) is 16.8 Å². The van der Waals surface area contributed by atoms with E-state index in [2.05, 4.69) is 5.32 Å². The molecule has 0 saturated carbocycles. The molecule has 0 radical (unpaired) electrons. The summed E-state index contributed by atoms with van der Waals surface area (Å²) in [7, 11) is 1.59. The zero-order chi connectivity index (χ0) is 28.6. The summed E-state index contributed by atoms with van der Waals surface area (Å²) < 4.78 is 6.95. The molecule has 4 aromatic rings. The van der Waals surface area contributed by atoms with Crippen molar-refractivity contribution in [1.82, 2.24) is 14.7 Å². The molecule has 2 amide bonds. The molecule has 0 bridgehead atoms. The van der Waals surface area contributed by atoms with Crippen molar-refractivity contribution in [2.45, 2.75) is 26.7 Å². The first-order valence-corrected chi connectivity index (χ1v) is 13.0. The quantitative estimate of drug-likeness (QED) is 0.194. The molecule has 40 heavy (non-hydrogen) atoms. The summed E-state index contributed by atoms with van der Waals surface area (Å²) in [6, 6.07) is 22.4. The molecule has 1 aromatic heterocycles. The Morgan fingerprint density at radius 2 is 1.70 bits per heavy atom. The predicted molar refractivity (Wildman–Crippen MR) is 153 cm³/mol. The Balaban J connectivity index is 1.65. The first-order valence-electron chi connectivity index (χ1n) is 13.0. The van der Waals surface area contributed by atoms with Crippen LogP contribution in [0.5, 0.6) is 5.75 Å². The van der Waals surface area contributed by atoms with Crippen molar-refractivity contribution in [2.75, 3.05) is 25.5 Å². The number of nitro benzene ring substituents is 1. The van der Waals surface area contributed by atoms with Crippen LogP contribution in [0.1, 0.15) is 35.8 Å². The number of non-ortho nitro benzene ring substituents is 1. The molecule has 0 saturated heterocycles. The van der Waals surface area contributed by atoms with E-state index in [1.54, 1.807) is 11.8 Å². The fraction of sp³-hybridized carbons (Fsp3) is 0.233. The summed E-state index contributed by atoms with van der Waals surface area (Å²) in [5.74, 6) is 0.412. The first kappa shape index (κ1) is 28.0. The number of methoxy groups -OCH3 is 1. The van der Waals surface area contributed by atoms with Gasteiger partial charge in [-0.25, -0.2) is 4.68 Å². The largest absolute Gasteiger partial charge is 0.497 e. The molecule has 10 heteroatoms. The van der Waals surface area contributed by atoms with E-state index >= 15 is 0 Å². The summed E-state index contributed by atoms with van der Waals surface area (Å²) in [5, 5.41) is 18.7. The van der Waals surface area contributed by atoms with Crippen LogP contribution in [-0.4, -0.2) is 51.6 Å². The summed E-state index contributed by atoms with van der Waals surface area (Å²) in [4.78, 5) is 38.8. The Kier molecular flexibility index (Phi) is 8.90. The third-order valence-electron chi connectivity index (χ3n) is 6.43. The number of hydrogen-bond acceptors (Lipinski definition) is 6. The zero-order valence-corrected chi connectivity index (χ0v) is 22.7. The Morgan fingerprint density at radius 1 is 1.02 bits per heavy atom. The number of nitrogens with zero attached hydrogens (tertiary/aromatic N) is 4. The van der Waals surface area contributed by atoms with Gasteiger partial charge in [-0.1, -0.05) is 43.7 Å². The van der Waals surface area contributed by atoms with Gasteiger partial charge in [-0.3, -0.25) is 19.7 Å². The summed E-state index contributed by atoms with van der Waals surface area (Å²) in [5.41, 5.74) is 3.28.